The number of oxazole rings is 1. The lowest BCUT2D eigenvalue weighted by Gasteiger charge is -2.06. The number of anilines is 1. The van der Waals surface area contributed by atoms with Gasteiger partial charge in [-0.1, -0.05) is 12.1 Å². The van der Waals surface area contributed by atoms with Crippen LogP contribution in [0.15, 0.2) is 59.7 Å². The van der Waals surface area contributed by atoms with Crippen LogP contribution in [0, 0.1) is 0 Å². The average molecular weight is 239 g/mol. The highest BCUT2D eigenvalue weighted by Gasteiger charge is 2.02. The Bertz CT molecular complexity index is 600. The largest absolute Gasteiger partial charge is 0.444 e. The molecule has 0 amide bonds. The van der Waals surface area contributed by atoms with Crippen LogP contribution >= 0.6 is 0 Å². The number of nitrogens with zero attached hydrogens (tertiary/aromatic N) is 1. The molecule has 2 N–H and O–H groups in total. The Morgan fingerprint density at radius 3 is 3.06 bits per heavy atom. The van der Waals surface area contributed by atoms with E-state index in [1.165, 1.54) is 12.0 Å². The SMILES string of the molecule is c1cc(NCc2cc[nH]c2)cc(-c2cnco2)c1. The first kappa shape index (κ1) is 10.7. The molecular formula is C14H13N3O. The van der Waals surface area contributed by atoms with Crippen LogP contribution < -0.4 is 5.32 Å². The fourth-order valence-electron chi connectivity index (χ4n) is 1.81. The second kappa shape index (κ2) is 4.79. The molecule has 0 saturated carbocycles. The Kier molecular flexibility index (Phi) is 2.84. The highest BCUT2D eigenvalue weighted by molar-refractivity contribution is 5.63. The summed E-state index contributed by atoms with van der Waals surface area (Å²) in [4.78, 5) is 6.96. The van der Waals surface area contributed by atoms with Crippen molar-refractivity contribution in [1.82, 2.24) is 9.97 Å². The van der Waals surface area contributed by atoms with E-state index in [0.29, 0.717) is 0 Å². The Balaban J connectivity index is 1.75. The Morgan fingerprint density at radius 1 is 1.28 bits per heavy atom. The fourth-order valence-corrected chi connectivity index (χ4v) is 1.81. The lowest BCUT2D eigenvalue weighted by Crippen LogP contribution is -1.97. The standard InChI is InChI=1S/C14H13N3O/c1-2-12(14-9-16-10-18-14)6-13(3-1)17-8-11-4-5-15-7-11/h1-7,9-10,15,17H,8H2. The van der Waals surface area contributed by atoms with Crippen molar-refractivity contribution in [2.75, 3.05) is 5.32 Å². The monoisotopic (exact) mass is 239 g/mol. The van der Waals surface area contributed by atoms with Crippen molar-refractivity contribution in [3.8, 4) is 11.3 Å². The molecule has 90 valence electrons. The third-order valence-electron chi connectivity index (χ3n) is 2.74. The van der Waals surface area contributed by atoms with Crippen LogP contribution in [0.4, 0.5) is 5.69 Å². The lowest BCUT2D eigenvalue weighted by atomic mass is 10.1. The number of rotatable bonds is 4. The number of hydrogen-bond acceptors (Lipinski definition) is 3. The van der Waals surface area contributed by atoms with Crippen molar-refractivity contribution in [2.45, 2.75) is 6.54 Å². The van der Waals surface area contributed by atoms with Gasteiger partial charge >= 0.3 is 0 Å². The molecule has 0 unspecified atom stereocenters. The minimum atomic E-state index is 0.778. The normalized spacial score (nSPS) is 10.4. The quantitative estimate of drug-likeness (QED) is 0.734. The highest BCUT2D eigenvalue weighted by Crippen LogP contribution is 2.22. The summed E-state index contributed by atoms with van der Waals surface area (Å²) in [6.45, 7) is 0.795. The predicted molar refractivity (Wildman–Crippen MR) is 70.1 cm³/mol. The molecule has 2 aromatic heterocycles. The molecule has 0 radical (unpaired) electrons. The molecule has 1 aromatic carbocycles. The Hall–Kier alpha value is -2.49. The zero-order valence-electron chi connectivity index (χ0n) is 9.76. The number of aromatic nitrogens is 2. The van der Waals surface area contributed by atoms with Gasteiger partial charge in [-0.05, 0) is 23.8 Å². The molecule has 2 heterocycles. The minimum absolute atomic E-state index is 0.778. The van der Waals surface area contributed by atoms with Gasteiger partial charge in [0.15, 0.2) is 12.2 Å². The summed E-state index contributed by atoms with van der Waals surface area (Å²) in [6.07, 6.45) is 7.05. The van der Waals surface area contributed by atoms with Crippen LogP contribution in [0.5, 0.6) is 0 Å². The van der Waals surface area contributed by atoms with E-state index >= 15 is 0 Å². The molecule has 4 heteroatoms. The molecule has 0 aliphatic heterocycles. The molecule has 3 aromatic rings. The summed E-state index contributed by atoms with van der Waals surface area (Å²) in [5.74, 6) is 0.778. The number of benzene rings is 1. The number of H-pyrrole nitrogens is 1. The van der Waals surface area contributed by atoms with Crippen LogP contribution in [-0.2, 0) is 6.54 Å². The van der Waals surface area contributed by atoms with E-state index in [4.69, 9.17) is 4.42 Å². The van der Waals surface area contributed by atoms with Gasteiger partial charge in [0, 0.05) is 30.2 Å². The maximum atomic E-state index is 5.28. The summed E-state index contributed by atoms with van der Waals surface area (Å²) >= 11 is 0. The smallest absolute Gasteiger partial charge is 0.181 e. The minimum Gasteiger partial charge on any atom is -0.444 e. The molecule has 0 aliphatic carbocycles. The van der Waals surface area contributed by atoms with Crippen molar-refractivity contribution in [3.05, 3.63) is 60.9 Å². The van der Waals surface area contributed by atoms with E-state index in [2.05, 4.69) is 15.3 Å². The second-order valence-corrected chi connectivity index (χ2v) is 4.02. The molecule has 3 rings (SSSR count). The summed E-state index contributed by atoms with van der Waals surface area (Å²) < 4.78 is 5.28. The summed E-state index contributed by atoms with van der Waals surface area (Å²) in [6, 6.07) is 10.1. The van der Waals surface area contributed by atoms with Crippen molar-refractivity contribution in [2.24, 2.45) is 0 Å². The van der Waals surface area contributed by atoms with E-state index in [1.807, 2.05) is 42.7 Å². The second-order valence-electron chi connectivity index (χ2n) is 4.02. The molecule has 0 fully saturated rings. The van der Waals surface area contributed by atoms with Gasteiger partial charge in [-0.2, -0.15) is 0 Å². The van der Waals surface area contributed by atoms with Crippen molar-refractivity contribution in [1.29, 1.82) is 0 Å². The topological polar surface area (TPSA) is 53.9 Å². The highest BCUT2D eigenvalue weighted by atomic mass is 16.3. The third kappa shape index (κ3) is 2.27. The zero-order valence-corrected chi connectivity index (χ0v) is 9.76. The first-order valence-electron chi connectivity index (χ1n) is 5.76. The molecular weight excluding hydrogens is 226 g/mol. The predicted octanol–water partition coefficient (Wildman–Crippen LogP) is 3.28. The Labute approximate surface area is 105 Å². The van der Waals surface area contributed by atoms with Crippen LogP contribution in [0.1, 0.15) is 5.56 Å². The van der Waals surface area contributed by atoms with Crippen LogP contribution in [0.2, 0.25) is 0 Å². The molecule has 0 atom stereocenters. The van der Waals surface area contributed by atoms with E-state index in [0.717, 1.165) is 23.6 Å². The first-order chi connectivity index (χ1) is 8.92. The van der Waals surface area contributed by atoms with Crippen molar-refractivity contribution < 1.29 is 4.42 Å². The zero-order chi connectivity index (χ0) is 12.2. The molecule has 4 nitrogen and oxygen atoms in total. The van der Waals surface area contributed by atoms with Gasteiger partial charge in [0.05, 0.1) is 6.20 Å². The van der Waals surface area contributed by atoms with E-state index < -0.39 is 0 Å². The summed E-state index contributed by atoms with van der Waals surface area (Å²) in [5, 5.41) is 3.37. The maximum Gasteiger partial charge on any atom is 0.181 e. The summed E-state index contributed by atoms with van der Waals surface area (Å²) in [7, 11) is 0. The Morgan fingerprint density at radius 2 is 2.28 bits per heavy atom. The maximum absolute atomic E-state index is 5.28. The molecule has 18 heavy (non-hydrogen) atoms. The average Bonchev–Trinajstić information content (AvgIpc) is 3.10. The van der Waals surface area contributed by atoms with Gasteiger partial charge in [0.25, 0.3) is 0 Å². The molecule has 0 saturated heterocycles. The lowest BCUT2D eigenvalue weighted by molar-refractivity contribution is 0.572. The van der Waals surface area contributed by atoms with Gasteiger partial charge in [0.2, 0.25) is 0 Å². The fraction of sp³-hybridized carbons (Fsp3) is 0.0714. The van der Waals surface area contributed by atoms with E-state index in [9.17, 15) is 0 Å². The van der Waals surface area contributed by atoms with E-state index in [1.54, 1.807) is 6.20 Å². The number of nitrogens with one attached hydrogen (secondary N) is 2. The van der Waals surface area contributed by atoms with Gasteiger partial charge in [0.1, 0.15) is 0 Å². The van der Waals surface area contributed by atoms with Gasteiger partial charge in [-0.25, -0.2) is 4.98 Å². The van der Waals surface area contributed by atoms with Gasteiger partial charge in [-0.15, -0.1) is 0 Å². The molecule has 0 aliphatic rings. The number of hydrogen-bond donors (Lipinski definition) is 2. The van der Waals surface area contributed by atoms with E-state index in [-0.39, 0.29) is 0 Å². The van der Waals surface area contributed by atoms with Gasteiger partial charge < -0.3 is 14.7 Å². The molecule has 0 bridgehead atoms. The number of aromatic amines is 1. The van der Waals surface area contributed by atoms with Crippen LogP contribution in [0.3, 0.4) is 0 Å². The molecule has 0 spiro atoms. The van der Waals surface area contributed by atoms with Crippen LogP contribution in [-0.4, -0.2) is 9.97 Å². The van der Waals surface area contributed by atoms with Gasteiger partial charge in [-0.3, -0.25) is 0 Å². The van der Waals surface area contributed by atoms with Crippen LogP contribution in [0.25, 0.3) is 11.3 Å². The third-order valence-corrected chi connectivity index (χ3v) is 2.74. The van der Waals surface area contributed by atoms with Crippen molar-refractivity contribution >= 4 is 5.69 Å². The first-order valence-corrected chi connectivity index (χ1v) is 5.76. The summed E-state index contributed by atoms with van der Waals surface area (Å²) in [5.41, 5.74) is 3.30. The van der Waals surface area contributed by atoms with Crippen molar-refractivity contribution in [3.63, 3.8) is 0 Å².